The van der Waals surface area contributed by atoms with Gasteiger partial charge in [-0.25, -0.2) is 14.2 Å². The standard InChI is InChI=1S/C19H16FN3O3/c20-13-5-3-4-12(8-13)9-18(24)23-17(19(25)26)10-14-11-21-15-6-1-2-7-16(15)22-14/h1-8,11,17H,9-10H2,(H,23,24)(H,25,26)/t17-/m0/s1. The lowest BCUT2D eigenvalue weighted by atomic mass is 10.1. The fraction of sp³-hybridized carbons (Fsp3) is 0.158. The van der Waals surface area contributed by atoms with Gasteiger partial charge >= 0.3 is 5.97 Å². The zero-order valence-corrected chi connectivity index (χ0v) is 13.7. The molecule has 1 aromatic heterocycles. The SMILES string of the molecule is O=C(Cc1cccc(F)c1)N[C@@H](Cc1cnc2ccccc2n1)C(=O)O. The maximum Gasteiger partial charge on any atom is 0.326 e. The number of nitrogens with one attached hydrogen (secondary N) is 1. The van der Waals surface area contributed by atoms with Crippen molar-refractivity contribution >= 4 is 22.9 Å². The monoisotopic (exact) mass is 353 g/mol. The van der Waals surface area contributed by atoms with Gasteiger partial charge in [0.25, 0.3) is 0 Å². The van der Waals surface area contributed by atoms with E-state index in [0.717, 1.165) is 0 Å². The highest BCUT2D eigenvalue weighted by Gasteiger charge is 2.21. The van der Waals surface area contributed by atoms with Crippen molar-refractivity contribution in [1.82, 2.24) is 15.3 Å². The van der Waals surface area contributed by atoms with Gasteiger partial charge in [-0.3, -0.25) is 9.78 Å². The molecule has 2 aromatic carbocycles. The summed E-state index contributed by atoms with van der Waals surface area (Å²) in [6.07, 6.45) is 1.39. The Balaban J connectivity index is 1.70. The number of fused-ring (bicyclic) bond motifs is 1. The third kappa shape index (κ3) is 4.38. The Morgan fingerprint density at radius 2 is 1.88 bits per heavy atom. The predicted octanol–water partition coefficient (Wildman–Crippen LogP) is 2.12. The largest absolute Gasteiger partial charge is 0.480 e. The molecule has 132 valence electrons. The van der Waals surface area contributed by atoms with Crippen LogP contribution in [0.1, 0.15) is 11.3 Å². The summed E-state index contributed by atoms with van der Waals surface area (Å²) in [5.74, 6) is -2.12. The maximum absolute atomic E-state index is 13.2. The van der Waals surface area contributed by atoms with Crippen LogP contribution in [0.3, 0.4) is 0 Å². The summed E-state index contributed by atoms with van der Waals surface area (Å²) in [5.41, 5.74) is 2.29. The molecule has 0 aliphatic carbocycles. The van der Waals surface area contributed by atoms with Gasteiger partial charge in [0, 0.05) is 12.6 Å². The van der Waals surface area contributed by atoms with E-state index in [1.54, 1.807) is 12.1 Å². The van der Waals surface area contributed by atoms with E-state index in [1.165, 1.54) is 24.4 Å². The number of carboxylic acid groups (broad SMARTS) is 1. The summed E-state index contributed by atoms with van der Waals surface area (Å²) in [4.78, 5) is 32.2. The van der Waals surface area contributed by atoms with Crippen LogP contribution in [-0.2, 0) is 22.4 Å². The molecule has 0 radical (unpaired) electrons. The number of amides is 1. The number of halogens is 1. The maximum atomic E-state index is 13.2. The van der Waals surface area contributed by atoms with Crippen LogP contribution in [0.5, 0.6) is 0 Å². The van der Waals surface area contributed by atoms with E-state index in [-0.39, 0.29) is 12.8 Å². The van der Waals surface area contributed by atoms with E-state index < -0.39 is 23.7 Å². The minimum atomic E-state index is -1.17. The van der Waals surface area contributed by atoms with E-state index in [2.05, 4.69) is 15.3 Å². The Bertz CT molecular complexity index is 961. The second-order valence-electron chi connectivity index (χ2n) is 5.82. The molecule has 2 N–H and O–H groups in total. The van der Waals surface area contributed by atoms with E-state index in [1.807, 2.05) is 18.2 Å². The second kappa shape index (κ2) is 7.69. The smallest absolute Gasteiger partial charge is 0.326 e. The number of rotatable bonds is 6. The summed E-state index contributed by atoms with van der Waals surface area (Å²) in [7, 11) is 0. The first-order chi connectivity index (χ1) is 12.5. The molecule has 26 heavy (non-hydrogen) atoms. The summed E-state index contributed by atoms with van der Waals surface area (Å²) in [6.45, 7) is 0. The number of carboxylic acids is 1. The number of hydrogen-bond acceptors (Lipinski definition) is 4. The van der Waals surface area contributed by atoms with Gasteiger partial charge in [0.05, 0.1) is 23.1 Å². The van der Waals surface area contributed by atoms with Gasteiger partial charge in [-0.05, 0) is 29.8 Å². The molecule has 1 atom stereocenters. The van der Waals surface area contributed by atoms with E-state index in [4.69, 9.17) is 0 Å². The van der Waals surface area contributed by atoms with Crippen molar-refractivity contribution in [3.8, 4) is 0 Å². The molecule has 0 saturated carbocycles. The molecule has 0 saturated heterocycles. The molecule has 3 aromatic rings. The van der Waals surface area contributed by atoms with Gasteiger partial charge in [0.2, 0.25) is 5.91 Å². The summed E-state index contributed by atoms with van der Waals surface area (Å²) < 4.78 is 13.2. The second-order valence-corrected chi connectivity index (χ2v) is 5.82. The molecule has 1 heterocycles. The minimum Gasteiger partial charge on any atom is -0.480 e. The van der Waals surface area contributed by atoms with E-state index in [0.29, 0.717) is 22.3 Å². The van der Waals surface area contributed by atoms with Gasteiger partial charge in [-0.15, -0.1) is 0 Å². The minimum absolute atomic E-state index is 0.00204. The lowest BCUT2D eigenvalue weighted by Crippen LogP contribution is -2.43. The quantitative estimate of drug-likeness (QED) is 0.708. The highest BCUT2D eigenvalue weighted by atomic mass is 19.1. The molecule has 0 unspecified atom stereocenters. The molecule has 0 fully saturated rings. The fourth-order valence-electron chi connectivity index (χ4n) is 2.58. The number of hydrogen-bond donors (Lipinski definition) is 2. The number of aromatic nitrogens is 2. The average molecular weight is 353 g/mol. The number of nitrogens with zero attached hydrogens (tertiary/aromatic N) is 2. The molecule has 7 heteroatoms. The Hall–Kier alpha value is -3.35. The lowest BCUT2D eigenvalue weighted by Gasteiger charge is -2.14. The van der Waals surface area contributed by atoms with Gasteiger partial charge in [-0.1, -0.05) is 24.3 Å². The van der Waals surface area contributed by atoms with Crippen LogP contribution in [0.25, 0.3) is 11.0 Å². The van der Waals surface area contributed by atoms with Crippen molar-refractivity contribution in [1.29, 1.82) is 0 Å². The van der Waals surface area contributed by atoms with E-state index in [9.17, 15) is 19.1 Å². The predicted molar refractivity (Wildman–Crippen MR) is 92.9 cm³/mol. The first-order valence-electron chi connectivity index (χ1n) is 7.98. The fourth-order valence-corrected chi connectivity index (χ4v) is 2.58. The first kappa shape index (κ1) is 17.5. The molecule has 6 nitrogen and oxygen atoms in total. The van der Waals surface area contributed by atoms with Crippen LogP contribution in [0, 0.1) is 5.82 Å². The average Bonchev–Trinajstić information content (AvgIpc) is 2.61. The van der Waals surface area contributed by atoms with Gasteiger partial charge in [0.1, 0.15) is 11.9 Å². The third-order valence-electron chi connectivity index (χ3n) is 3.80. The number of aliphatic carboxylic acids is 1. The molecule has 0 spiro atoms. The zero-order chi connectivity index (χ0) is 18.5. The van der Waals surface area contributed by atoms with Gasteiger partial charge < -0.3 is 10.4 Å². The highest BCUT2D eigenvalue weighted by Crippen LogP contribution is 2.10. The number of carbonyl (C=O) groups is 2. The molecule has 0 aliphatic rings. The van der Waals surface area contributed by atoms with Crippen molar-refractivity contribution in [3.05, 3.63) is 71.8 Å². The molecule has 3 rings (SSSR count). The zero-order valence-electron chi connectivity index (χ0n) is 13.7. The van der Waals surface area contributed by atoms with Gasteiger partial charge in [-0.2, -0.15) is 0 Å². The van der Waals surface area contributed by atoms with Crippen molar-refractivity contribution in [3.63, 3.8) is 0 Å². The Labute approximate surface area is 148 Å². The normalized spacial score (nSPS) is 11.9. The molecule has 1 amide bonds. The lowest BCUT2D eigenvalue weighted by molar-refractivity contribution is -0.141. The molecular formula is C19H16FN3O3. The topological polar surface area (TPSA) is 92.2 Å². The molecule has 0 aliphatic heterocycles. The van der Waals surface area contributed by atoms with Crippen molar-refractivity contribution in [2.75, 3.05) is 0 Å². The van der Waals surface area contributed by atoms with Crippen LogP contribution in [-0.4, -0.2) is 33.0 Å². The third-order valence-corrected chi connectivity index (χ3v) is 3.80. The summed E-state index contributed by atoms with van der Waals surface area (Å²) in [5, 5.41) is 11.8. The van der Waals surface area contributed by atoms with Crippen molar-refractivity contribution in [2.45, 2.75) is 18.9 Å². The van der Waals surface area contributed by atoms with E-state index >= 15 is 0 Å². The number of carbonyl (C=O) groups excluding carboxylic acids is 1. The summed E-state index contributed by atoms with van der Waals surface area (Å²) in [6, 6.07) is 11.7. The Kier molecular flexibility index (Phi) is 5.17. The van der Waals surface area contributed by atoms with Crippen LogP contribution in [0.15, 0.2) is 54.7 Å². The first-order valence-corrected chi connectivity index (χ1v) is 7.98. The van der Waals surface area contributed by atoms with Crippen molar-refractivity contribution in [2.24, 2.45) is 0 Å². The number of para-hydroxylation sites is 2. The highest BCUT2D eigenvalue weighted by molar-refractivity contribution is 5.85. The Morgan fingerprint density at radius 3 is 2.62 bits per heavy atom. The Morgan fingerprint density at radius 1 is 1.12 bits per heavy atom. The number of benzene rings is 2. The summed E-state index contributed by atoms with van der Waals surface area (Å²) >= 11 is 0. The van der Waals surface area contributed by atoms with Gasteiger partial charge in [0.15, 0.2) is 0 Å². The van der Waals surface area contributed by atoms with Crippen LogP contribution < -0.4 is 5.32 Å². The van der Waals surface area contributed by atoms with Crippen molar-refractivity contribution < 1.29 is 19.1 Å². The van der Waals surface area contributed by atoms with Crippen LogP contribution >= 0.6 is 0 Å². The molecule has 0 bridgehead atoms. The van der Waals surface area contributed by atoms with Crippen LogP contribution in [0.2, 0.25) is 0 Å². The molecular weight excluding hydrogens is 337 g/mol. The van der Waals surface area contributed by atoms with Crippen LogP contribution in [0.4, 0.5) is 4.39 Å².